The summed E-state index contributed by atoms with van der Waals surface area (Å²) in [7, 11) is 1.80. The first-order valence-corrected chi connectivity index (χ1v) is 10.6. The molecule has 0 spiro atoms. The fourth-order valence-corrected chi connectivity index (χ4v) is 4.74. The van der Waals surface area contributed by atoms with Crippen LogP contribution in [0.4, 0.5) is 0 Å². The summed E-state index contributed by atoms with van der Waals surface area (Å²) in [5.41, 5.74) is 0.336. The zero-order valence-corrected chi connectivity index (χ0v) is 19.5. The van der Waals surface area contributed by atoms with Gasteiger partial charge >= 0.3 is 0 Å². The highest BCUT2D eigenvalue weighted by atomic mass is 127. The number of hydrogen-bond acceptors (Lipinski definition) is 4. The van der Waals surface area contributed by atoms with E-state index in [1.54, 1.807) is 7.11 Å². The molecule has 1 aliphatic carbocycles. The fraction of sp³-hybridized carbons (Fsp3) is 0.950. The van der Waals surface area contributed by atoms with Gasteiger partial charge < -0.3 is 20.1 Å². The van der Waals surface area contributed by atoms with E-state index >= 15 is 0 Å². The second kappa shape index (κ2) is 11.8. The number of ether oxygens (including phenoxy) is 2. The van der Waals surface area contributed by atoms with Crippen molar-refractivity contribution >= 4 is 29.9 Å². The Morgan fingerprint density at radius 1 is 1.26 bits per heavy atom. The summed E-state index contributed by atoms with van der Waals surface area (Å²) in [6.07, 6.45) is 9.22. The van der Waals surface area contributed by atoms with Gasteiger partial charge in [-0.15, -0.1) is 24.0 Å². The van der Waals surface area contributed by atoms with Gasteiger partial charge in [0.25, 0.3) is 0 Å². The third kappa shape index (κ3) is 6.72. The molecule has 7 heteroatoms. The first kappa shape index (κ1) is 23.2. The molecule has 2 atom stereocenters. The van der Waals surface area contributed by atoms with E-state index in [4.69, 9.17) is 14.5 Å². The van der Waals surface area contributed by atoms with E-state index in [-0.39, 0.29) is 30.1 Å². The largest absolute Gasteiger partial charge is 0.385 e. The molecule has 0 aromatic rings. The van der Waals surface area contributed by atoms with Crippen molar-refractivity contribution in [1.82, 2.24) is 15.5 Å². The van der Waals surface area contributed by atoms with E-state index in [0.29, 0.717) is 11.5 Å². The molecule has 6 nitrogen and oxygen atoms in total. The summed E-state index contributed by atoms with van der Waals surface area (Å²) in [6.45, 7) is 8.75. The molecular weight excluding hydrogens is 455 g/mol. The normalized spacial score (nSPS) is 27.9. The Balaban J connectivity index is 0.00000261. The Kier molecular flexibility index (Phi) is 10.1. The molecule has 2 saturated heterocycles. The summed E-state index contributed by atoms with van der Waals surface area (Å²) in [5, 5.41) is 6.93. The number of aliphatic imine (C=N–C) groups is 1. The number of fused-ring (bicyclic) bond motifs is 1. The molecule has 3 aliphatic rings. The van der Waals surface area contributed by atoms with Crippen LogP contribution in [0.25, 0.3) is 0 Å². The lowest BCUT2D eigenvalue weighted by atomic mass is 9.83. The number of guanidine groups is 1. The first-order valence-electron chi connectivity index (χ1n) is 10.6. The summed E-state index contributed by atoms with van der Waals surface area (Å²) >= 11 is 0. The van der Waals surface area contributed by atoms with Crippen molar-refractivity contribution in [3.8, 4) is 0 Å². The van der Waals surface area contributed by atoms with Crippen LogP contribution in [-0.2, 0) is 9.47 Å². The van der Waals surface area contributed by atoms with Crippen LogP contribution in [0.2, 0.25) is 0 Å². The number of rotatable bonds is 8. The van der Waals surface area contributed by atoms with Crippen molar-refractivity contribution in [2.75, 3.05) is 53.0 Å². The van der Waals surface area contributed by atoms with Crippen LogP contribution < -0.4 is 10.6 Å². The first-order chi connectivity index (χ1) is 12.7. The van der Waals surface area contributed by atoms with Gasteiger partial charge in [0.05, 0.1) is 12.7 Å². The Morgan fingerprint density at radius 2 is 2.07 bits per heavy atom. The standard InChI is InChI=1S/C20H38N4O2.HI/c1-3-21-19(23-16-20(10-12-25-2)8-4-5-9-20)22-13-18-14-24-11-6-7-17(24)15-26-18;/h17-18H,3-16H2,1-2H3,(H2,21,22,23);1H. The third-order valence-corrected chi connectivity index (χ3v) is 6.38. The minimum atomic E-state index is 0. The van der Waals surface area contributed by atoms with Crippen LogP contribution in [0.3, 0.4) is 0 Å². The van der Waals surface area contributed by atoms with Gasteiger partial charge in [-0.3, -0.25) is 9.89 Å². The Bertz CT molecular complexity index is 457. The molecule has 2 unspecified atom stereocenters. The van der Waals surface area contributed by atoms with Crippen molar-refractivity contribution in [2.45, 2.75) is 64.0 Å². The highest BCUT2D eigenvalue weighted by molar-refractivity contribution is 14.0. The summed E-state index contributed by atoms with van der Waals surface area (Å²) in [5.74, 6) is 0.934. The maximum atomic E-state index is 6.07. The molecular formula is C20H39IN4O2. The molecule has 2 heterocycles. The number of morpholine rings is 1. The Labute approximate surface area is 182 Å². The van der Waals surface area contributed by atoms with Gasteiger partial charge in [0, 0.05) is 45.9 Å². The summed E-state index contributed by atoms with van der Waals surface area (Å²) in [4.78, 5) is 7.54. The van der Waals surface area contributed by atoms with E-state index < -0.39 is 0 Å². The predicted molar refractivity (Wildman–Crippen MR) is 121 cm³/mol. The quantitative estimate of drug-likeness (QED) is 0.309. The van der Waals surface area contributed by atoms with E-state index in [1.165, 1.54) is 45.1 Å². The lowest BCUT2D eigenvalue weighted by Gasteiger charge is -2.35. The number of hydrogen-bond donors (Lipinski definition) is 2. The van der Waals surface area contributed by atoms with Gasteiger partial charge in [-0.1, -0.05) is 12.8 Å². The topological polar surface area (TPSA) is 58.1 Å². The zero-order valence-electron chi connectivity index (χ0n) is 17.2. The predicted octanol–water partition coefficient (Wildman–Crippen LogP) is 2.62. The number of nitrogens with one attached hydrogen (secondary N) is 2. The van der Waals surface area contributed by atoms with E-state index in [1.807, 2.05) is 0 Å². The van der Waals surface area contributed by atoms with Gasteiger partial charge in [-0.25, -0.2) is 0 Å². The third-order valence-electron chi connectivity index (χ3n) is 6.38. The molecule has 0 aromatic heterocycles. The average Bonchev–Trinajstić information content (AvgIpc) is 3.31. The SMILES string of the molecule is CCNC(=NCC1(CCOC)CCCC1)NCC1CN2CCCC2CO1.I. The molecule has 1 saturated carbocycles. The van der Waals surface area contributed by atoms with Crippen molar-refractivity contribution in [3.05, 3.63) is 0 Å². The van der Waals surface area contributed by atoms with Gasteiger partial charge in [0.1, 0.15) is 0 Å². The van der Waals surface area contributed by atoms with E-state index in [2.05, 4.69) is 22.5 Å². The van der Waals surface area contributed by atoms with Crippen LogP contribution in [0.15, 0.2) is 4.99 Å². The number of halogens is 1. The molecule has 2 aliphatic heterocycles. The highest BCUT2D eigenvalue weighted by Gasteiger charge is 2.34. The lowest BCUT2D eigenvalue weighted by Crippen LogP contribution is -2.51. The average molecular weight is 494 g/mol. The van der Waals surface area contributed by atoms with Crippen molar-refractivity contribution in [3.63, 3.8) is 0 Å². The van der Waals surface area contributed by atoms with Gasteiger partial charge in [0.2, 0.25) is 0 Å². The Morgan fingerprint density at radius 3 is 2.81 bits per heavy atom. The molecule has 3 rings (SSSR count). The zero-order chi connectivity index (χ0) is 18.2. The molecule has 0 amide bonds. The summed E-state index contributed by atoms with van der Waals surface area (Å²) < 4.78 is 11.4. The fourth-order valence-electron chi connectivity index (χ4n) is 4.74. The lowest BCUT2D eigenvalue weighted by molar-refractivity contribution is -0.0453. The second-order valence-electron chi connectivity index (χ2n) is 8.27. The van der Waals surface area contributed by atoms with Crippen molar-refractivity contribution < 1.29 is 9.47 Å². The highest BCUT2D eigenvalue weighted by Crippen LogP contribution is 2.41. The number of nitrogens with zero attached hydrogens (tertiary/aromatic N) is 2. The van der Waals surface area contributed by atoms with Crippen LogP contribution in [0.5, 0.6) is 0 Å². The molecule has 0 bridgehead atoms. The minimum Gasteiger partial charge on any atom is -0.385 e. The molecule has 27 heavy (non-hydrogen) atoms. The van der Waals surface area contributed by atoms with E-state index in [0.717, 1.165) is 51.8 Å². The van der Waals surface area contributed by atoms with Crippen LogP contribution >= 0.6 is 24.0 Å². The van der Waals surface area contributed by atoms with Crippen LogP contribution in [0.1, 0.15) is 51.9 Å². The molecule has 3 fully saturated rings. The molecule has 2 N–H and O–H groups in total. The Hall–Kier alpha value is -0.120. The van der Waals surface area contributed by atoms with Gasteiger partial charge in [0.15, 0.2) is 5.96 Å². The number of methoxy groups -OCH3 is 1. The second-order valence-corrected chi connectivity index (χ2v) is 8.27. The van der Waals surface area contributed by atoms with Crippen LogP contribution in [0, 0.1) is 5.41 Å². The van der Waals surface area contributed by atoms with E-state index in [9.17, 15) is 0 Å². The molecule has 0 radical (unpaired) electrons. The molecule has 158 valence electrons. The van der Waals surface area contributed by atoms with Gasteiger partial charge in [-0.05, 0) is 51.0 Å². The van der Waals surface area contributed by atoms with Gasteiger partial charge in [-0.2, -0.15) is 0 Å². The van der Waals surface area contributed by atoms with Crippen LogP contribution in [-0.4, -0.2) is 76.1 Å². The maximum Gasteiger partial charge on any atom is 0.191 e. The minimum absolute atomic E-state index is 0. The smallest absolute Gasteiger partial charge is 0.191 e. The summed E-state index contributed by atoms with van der Waals surface area (Å²) in [6, 6.07) is 0.663. The maximum absolute atomic E-state index is 6.07. The van der Waals surface area contributed by atoms with Crippen molar-refractivity contribution in [1.29, 1.82) is 0 Å². The van der Waals surface area contributed by atoms with Crippen molar-refractivity contribution in [2.24, 2.45) is 10.4 Å². The monoisotopic (exact) mass is 494 g/mol. The molecule has 0 aromatic carbocycles.